The normalized spacial score (nSPS) is 22.2. The molecule has 0 radical (unpaired) electrons. The van der Waals surface area contributed by atoms with Gasteiger partial charge in [0, 0.05) is 30.7 Å². The molecule has 0 bridgehead atoms. The molecule has 6 rings (SSSR count). The maximum absolute atomic E-state index is 13.3. The molecule has 3 heterocycles. The fourth-order valence-corrected chi connectivity index (χ4v) is 6.07. The Morgan fingerprint density at radius 3 is 2.53 bits per heavy atom. The molecule has 2 aliphatic carbocycles. The van der Waals surface area contributed by atoms with E-state index < -0.39 is 5.41 Å². The van der Waals surface area contributed by atoms with Crippen LogP contribution in [0.2, 0.25) is 5.15 Å². The molecule has 0 atom stereocenters. The van der Waals surface area contributed by atoms with Crippen LogP contribution in [0.15, 0.2) is 30.5 Å². The van der Waals surface area contributed by atoms with Gasteiger partial charge in [0.25, 0.3) is 5.91 Å². The minimum absolute atomic E-state index is 0.0937. The SMILES string of the molecule is O=C(Nc1ccc2c(c1)C1(CCCC1)C(=O)N2)c1cnc(Cl)cc1N1CCC2(CC1)CC2. The number of piperidine rings is 1. The van der Waals surface area contributed by atoms with Gasteiger partial charge in [-0.2, -0.15) is 0 Å². The number of aromatic nitrogens is 1. The Kier molecular flexibility index (Phi) is 4.51. The summed E-state index contributed by atoms with van der Waals surface area (Å²) in [6.07, 6.45) is 10.4. The molecule has 1 saturated heterocycles. The van der Waals surface area contributed by atoms with E-state index in [4.69, 9.17) is 11.6 Å². The van der Waals surface area contributed by atoms with E-state index in [1.165, 1.54) is 25.7 Å². The number of pyridine rings is 1. The highest BCUT2D eigenvalue weighted by Crippen LogP contribution is 2.54. The van der Waals surface area contributed by atoms with Crippen LogP contribution in [-0.4, -0.2) is 29.9 Å². The highest BCUT2D eigenvalue weighted by Gasteiger charge is 2.48. The smallest absolute Gasteiger partial charge is 0.259 e. The van der Waals surface area contributed by atoms with Gasteiger partial charge in [-0.15, -0.1) is 0 Å². The lowest BCUT2D eigenvalue weighted by molar-refractivity contribution is -0.120. The van der Waals surface area contributed by atoms with E-state index in [2.05, 4.69) is 20.5 Å². The summed E-state index contributed by atoms with van der Waals surface area (Å²) in [6, 6.07) is 7.53. The second-order valence-corrected chi connectivity index (χ2v) is 10.4. The first-order chi connectivity index (χ1) is 15.5. The molecule has 2 amide bonds. The number of anilines is 3. The van der Waals surface area contributed by atoms with Gasteiger partial charge in [0.15, 0.2) is 0 Å². The molecule has 2 N–H and O–H groups in total. The molecule has 7 heteroatoms. The zero-order valence-corrected chi connectivity index (χ0v) is 18.8. The molecule has 6 nitrogen and oxygen atoms in total. The summed E-state index contributed by atoms with van der Waals surface area (Å²) in [5, 5.41) is 6.48. The Morgan fingerprint density at radius 1 is 1.06 bits per heavy atom. The molecule has 32 heavy (non-hydrogen) atoms. The Labute approximate surface area is 192 Å². The third-order valence-electron chi connectivity index (χ3n) is 8.15. The largest absolute Gasteiger partial charge is 0.371 e. The topological polar surface area (TPSA) is 74.3 Å². The first-order valence-corrected chi connectivity index (χ1v) is 12.0. The van der Waals surface area contributed by atoms with Crippen molar-refractivity contribution in [2.24, 2.45) is 5.41 Å². The van der Waals surface area contributed by atoms with Crippen LogP contribution in [0.1, 0.15) is 67.3 Å². The third-order valence-corrected chi connectivity index (χ3v) is 8.35. The van der Waals surface area contributed by atoms with Crippen molar-refractivity contribution in [2.75, 3.05) is 28.6 Å². The molecule has 3 fully saturated rings. The van der Waals surface area contributed by atoms with Crippen molar-refractivity contribution >= 4 is 40.5 Å². The molecular formula is C25H27ClN4O2. The molecule has 2 saturated carbocycles. The molecular weight excluding hydrogens is 424 g/mol. The van der Waals surface area contributed by atoms with Crippen molar-refractivity contribution in [3.8, 4) is 0 Å². The fraction of sp³-hybridized carbons (Fsp3) is 0.480. The number of rotatable bonds is 3. The molecule has 166 valence electrons. The summed E-state index contributed by atoms with van der Waals surface area (Å²) in [6.45, 7) is 1.88. The molecule has 1 aromatic carbocycles. The quantitative estimate of drug-likeness (QED) is 0.635. The van der Waals surface area contributed by atoms with E-state index in [0.717, 1.165) is 55.7 Å². The van der Waals surface area contributed by atoms with E-state index in [0.29, 0.717) is 21.8 Å². The predicted octanol–water partition coefficient (Wildman–Crippen LogP) is 5.13. The number of hydrogen-bond donors (Lipinski definition) is 2. The number of fused-ring (bicyclic) bond motifs is 2. The summed E-state index contributed by atoms with van der Waals surface area (Å²) >= 11 is 6.21. The van der Waals surface area contributed by atoms with Crippen molar-refractivity contribution in [2.45, 2.75) is 56.8 Å². The first-order valence-electron chi connectivity index (χ1n) is 11.7. The Hall–Kier alpha value is -2.60. The van der Waals surface area contributed by atoms with Crippen LogP contribution < -0.4 is 15.5 Å². The summed E-state index contributed by atoms with van der Waals surface area (Å²) < 4.78 is 0. The monoisotopic (exact) mass is 450 g/mol. The van der Waals surface area contributed by atoms with Gasteiger partial charge in [0.05, 0.1) is 16.7 Å². The molecule has 2 aromatic rings. The summed E-state index contributed by atoms with van der Waals surface area (Å²) in [5.74, 6) is -0.107. The van der Waals surface area contributed by atoms with Crippen LogP contribution in [0.25, 0.3) is 0 Å². The number of nitrogens with one attached hydrogen (secondary N) is 2. The summed E-state index contributed by atoms with van der Waals surface area (Å²) in [5.41, 5.74) is 4.09. The molecule has 4 aliphatic rings. The number of carbonyl (C=O) groups excluding carboxylic acids is 2. The van der Waals surface area contributed by atoms with E-state index in [-0.39, 0.29) is 11.8 Å². The van der Waals surface area contributed by atoms with Crippen molar-refractivity contribution in [1.82, 2.24) is 4.98 Å². The van der Waals surface area contributed by atoms with Gasteiger partial charge in [0.2, 0.25) is 5.91 Å². The maximum atomic E-state index is 13.3. The average molecular weight is 451 g/mol. The highest BCUT2D eigenvalue weighted by atomic mass is 35.5. The third kappa shape index (κ3) is 3.19. The lowest BCUT2D eigenvalue weighted by Crippen LogP contribution is -2.35. The van der Waals surface area contributed by atoms with E-state index in [9.17, 15) is 9.59 Å². The molecule has 0 unspecified atom stereocenters. The van der Waals surface area contributed by atoms with Gasteiger partial charge in [-0.1, -0.05) is 24.4 Å². The summed E-state index contributed by atoms with van der Waals surface area (Å²) in [7, 11) is 0. The second kappa shape index (κ2) is 7.20. The van der Waals surface area contributed by atoms with Crippen LogP contribution in [0.5, 0.6) is 0 Å². The number of benzene rings is 1. The van der Waals surface area contributed by atoms with Crippen molar-refractivity contribution < 1.29 is 9.59 Å². The lowest BCUT2D eigenvalue weighted by Gasteiger charge is -2.34. The number of amides is 2. The van der Waals surface area contributed by atoms with Gasteiger partial charge < -0.3 is 15.5 Å². The van der Waals surface area contributed by atoms with Crippen LogP contribution >= 0.6 is 11.6 Å². The van der Waals surface area contributed by atoms with Crippen molar-refractivity contribution in [3.05, 3.63) is 46.7 Å². The average Bonchev–Trinajstić information content (AvgIpc) is 3.25. The fourth-order valence-electron chi connectivity index (χ4n) is 5.92. The van der Waals surface area contributed by atoms with E-state index in [1.54, 1.807) is 12.3 Å². The van der Waals surface area contributed by atoms with E-state index in [1.807, 2.05) is 18.2 Å². The zero-order chi connectivity index (χ0) is 21.9. The van der Waals surface area contributed by atoms with Crippen LogP contribution in [0, 0.1) is 5.41 Å². The van der Waals surface area contributed by atoms with Crippen LogP contribution in [0.4, 0.5) is 17.1 Å². The maximum Gasteiger partial charge on any atom is 0.259 e. The first kappa shape index (κ1) is 20.0. The van der Waals surface area contributed by atoms with Crippen LogP contribution in [-0.2, 0) is 10.2 Å². The number of carbonyl (C=O) groups is 2. The zero-order valence-electron chi connectivity index (χ0n) is 18.0. The van der Waals surface area contributed by atoms with Gasteiger partial charge >= 0.3 is 0 Å². The van der Waals surface area contributed by atoms with Gasteiger partial charge in [-0.05, 0) is 73.8 Å². The van der Waals surface area contributed by atoms with Gasteiger partial charge in [0.1, 0.15) is 5.15 Å². The molecule has 2 aliphatic heterocycles. The Balaban J connectivity index is 1.26. The van der Waals surface area contributed by atoms with Gasteiger partial charge in [-0.3, -0.25) is 9.59 Å². The molecule has 2 spiro atoms. The number of halogens is 1. The lowest BCUT2D eigenvalue weighted by atomic mass is 9.80. The van der Waals surface area contributed by atoms with Crippen LogP contribution in [0.3, 0.4) is 0 Å². The minimum Gasteiger partial charge on any atom is -0.371 e. The summed E-state index contributed by atoms with van der Waals surface area (Å²) in [4.78, 5) is 32.4. The Bertz CT molecular complexity index is 1110. The second-order valence-electron chi connectivity index (χ2n) is 9.97. The predicted molar refractivity (Wildman–Crippen MR) is 126 cm³/mol. The van der Waals surface area contributed by atoms with Gasteiger partial charge in [-0.25, -0.2) is 4.98 Å². The molecule has 1 aromatic heterocycles. The minimum atomic E-state index is -0.435. The van der Waals surface area contributed by atoms with E-state index >= 15 is 0 Å². The van der Waals surface area contributed by atoms with Crippen molar-refractivity contribution in [3.63, 3.8) is 0 Å². The standard InChI is InChI=1S/C25H27ClN4O2/c26-21-14-20(30-11-9-24(7-8-24)10-12-30)17(15-27-21)22(31)28-16-3-4-19-18(13-16)25(23(32)29-19)5-1-2-6-25/h3-4,13-15H,1-2,5-12H2,(H,28,31)(H,29,32). The Morgan fingerprint density at radius 2 is 1.81 bits per heavy atom. The number of nitrogens with zero attached hydrogens (tertiary/aromatic N) is 2. The highest BCUT2D eigenvalue weighted by molar-refractivity contribution is 6.30. The number of hydrogen-bond acceptors (Lipinski definition) is 4. The van der Waals surface area contributed by atoms with Crippen molar-refractivity contribution in [1.29, 1.82) is 0 Å².